The van der Waals surface area contributed by atoms with Gasteiger partial charge in [-0.1, -0.05) is 38.4 Å². The van der Waals surface area contributed by atoms with E-state index >= 15 is 0 Å². The van der Waals surface area contributed by atoms with Crippen molar-refractivity contribution in [2.45, 2.75) is 32.2 Å². The normalized spacial score (nSPS) is 11.9. The predicted molar refractivity (Wildman–Crippen MR) is 110 cm³/mol. The zero-order valence-electron chi connectivity index (χ0n) is 16.4. The Labute approximate surface area is 171 Å². The summed E-state index contributed by atoms with van der Waals surface area (Å²) in [6.07, 6.45) is 0. The Hall–Kier alpha value is -2.09. The largest absolute Gasteiger partial charge is 0.493 e. The maximum Gasteiger partial charge on any atom is 0.251 e. The van der Waals surface area contributed by atoms with Crippen LogP contribution in [0.2, 0.25) is 5.02 Å². The molecule has 28 heavy (non-hydrogen) atoms. The Balaban J connectivity index is 1.98. The second-order valence-corrected chi connectivity index (χ2v) is 9.81. The summed E-state index contributed by atoms with van der Waals surface area (Å²) >= 11 is 6.15. The lowest BCUT2D eigenvalue weighted by Crippen LogP contribution is -2.23. The maximum absolute atomic E-state index is 12.3. The molecule has 2 rings (SSSR count). The molecule has 0 saturated carbocycles. The Morgan fingerprint density at radius 3 is 2.29 bits per heavy atom. The molecule has 0 saturated heterocycles. The zero-order chi connectivity index (χ0) is 20.9. The van der Waals surface area contributed by atoms with E-state index in [9.17, 15) is 13.2 Å². The molecule has 0 unspecified atom stereocenters. The van der Waals surface area contributed by atoms with Crippen molar-refractivity contribution in [1.29, 1.82) is 0 Å². The van der Waals surface area contributed by atoms with Crippen LogP contribution < -0.4 is 14.8 Å². The summed E-state index contributed by atoms with van der Waals surface area (Å²) in [5.74, 6) is 0.446. The van der Waals surface area contributed by atoms with Gasteiger partial charge in [0.1, 0.15) is 5.75 Å². The smallest absolute Gasteiger partial charge is 0.251 e. The lowest BCUT2D eigenvalue weighted by molar-refractivity contribution is 0.0951. The molecule has 2 aromatic carbocycles. The van der Waals surface area contributed by atoms with Crippen molar-refractivity contribution >= 4 is 27.5 Å². The van der Waals surface area contributed by atoms with E-state index < -0.39 is 10.0 Å². The van der Waals surface area contributed by atoms with Crippen LogP contribution in [0.4, 0.5) is 0 Å². The fourth-order valence-electron chi connectivity index (χ4n) is 2.24. The monoisotopic (exact) mass is 424 g/mol. The van der Waals surface area contributed by atoms with Crippen molar-refractivity contribution in [1.82, 2.24) is 10.0 Å². The van der Waals surface area contributed by atoms with E-state index in [1.807, 2.05) is 0 Å². The highest BCUT2D eigenvalue weighted by Gasteiger charge is 2.14. The van der Waals surface area contributed by atoms with E-state index in [-0.39, 0.29) is 27.8 Å². The zero-order valence-corrected chi connectivity index (χ0v) is 17.9. The molecule has 0 spiro atoms. The van der Waals surface area contributed by atoms with Crippen LogP contribution in [0.25, 0.3) is 0 Å². The highest BCUT2D eigenvalue weighted by atomic mass is 35.5. The molecule has 0 fully saturated rings. The molecule has 0 aliphatic rings. The summed E-state index contributed by atoms with van der Waals surface area (Å²) in [4.78, 5) is 12.4. The standard InChI is InChI=1S/C20H25ClN2O4S/c1-20(2,3)13-27-16-8-5-14(6-9-16)19(24)23-12-15-7-10-17(11-18(15)21)28(25,26)22-4/h5-11,22H,12-13H2,1-4H3,(H,23,24). The molecular weight excluding hydrogens is 400 g/mol. The van der Waals surface area contributed by atoms with Gasteiger partial charge in [-0.15, -0.1) is 0 Å². The van der Waals surface area contributed by atoms with Gasteiger partial charge in [0.25, 0.3) is 5.91 Å². The molecule has 0 aliphatic carbocycles. The number of carbonyl (C=O) groups excluding carboxylic acids is 1. The van der Waals surface area contributed by atoms with E-state index in [4.69, 9.17) is 16.3 Å². The van der Waals surface area contributed by atoms with Gasteiger partial charge >= 0.3 is 0 Å². The van der Waals surface area contributed by atoms with Crippen molar-refractivity contribution in [3.63, 3.8) is 0 Å². The van der Waals surface area contributed by atoms with Crippen molar-refractivity contribution in [3.8, 4) is 5.75 Å². The maximum atomic E-state index is 12.3. The van der Waals surface area contributed by atoms with Crippen LogP contribution in [0.5, 0.6) is 5.75 Å². The first-order chi connectivity index (χ1) is 13.0. The van der Waals surface area contributed by atoms with Crippen LogP contribution in [0, 0.1) is 5.41 Å². The first-order valence-electron chi connectivity index (χ1n) is 8.75. The second-order valence-electron chi connectivity index (χ2n) is 7.52. The number of ether oxygens (including phenoxy) is 1. The SMILES string of the molecule is CNS(=O)(=O)c1ccc(CNC(=O)c2ccc(OCC(C)(C)C)cc2)c(Cl)c1. The van der Waals surface area contributed by atoms with Crippen molar-refractivity contribution in [2.75, 3.05) is 13.7 Å². The van der Waals surface area contributed by atoms with Crippen molar-refractivity contribution in [2.24, 2.45) is 5.41 Å². The topological polar surface area (TPSA) is 84.5 Å². The number of carbonyl (C=O) groups is 1. The molecule has 152 valence electrons. The number of benzene rings is 2. The third-order valence-electron chi connectivity index (χ3n) is 3.83. The summed E-state index contributed by atoms with van der Waals surface area (Å²) in [6.45, 7) is 7.01. The summed E-state index contributed by atoms with van der Waals surface area (Å²) in [6, 6.07) is 11.3. The van der Waals surface area contributed by atoms with Crippen LogP contribution in [0.15, 0.2) is 47.4 Å². The number of amides is 1. The Bertz CT molecular complexity index is 936. The minimum Gasteiger partial charge on any atom is -0.493 e. The fourth-order valence-corrected chi connectivity index (χ4v) is 3.30. The van der Waals surface area contributed by atoms with Crippen LogP contribution >= 0.6 is 11.6 Å². The van der Waals surface area contributed by atoms with Crippen LogP contribution in [-0.4, -0.2) is 28.0 Å². The first kappa shape index (κ1) is 22.2. The number of hydrogen-bond acceptors (Lipinski definition) is 4. The Morgan fingerprint density at radius 2 is 1.75 bits per heavy atom. The summed E-state index contributed by atoms with van der Waals surface area (Å²) in [5, 5.41) is 3.04. The molecule has 0 atom stereocenters. The first-order valence-corrected chi connectivity index (χ1v) is 10.6. The van der Waals surface area contributed by atoms with Crippen LogP contribution in [0.3, 0.4) is 0 Å². The van der Waals surface area contributed by atoms with Gasteiger partial charge in [0.15, 0.2) is 0 Å². The molecular formula is C20H25ClN2O4S. The molecule has 0 heterocycles. The van der Waals surface area contributed by atoms with Gasteiger partial charge < -0.3 is 10.1 Å². The molecule has 2 N–H and O–H groups in total. The van der Waals surface area contributed by atoms with Gasteiger partial charge in [-0.2, -0.15) is 0 Å². The number of nitrogens with one attached hydrogen (secondary N) is 2. The molecule has 0 aromatic heterocycles. The average molecular weight is 425 g/mol. The molecule has 8 heteroatoms. The number of rotatable bonds is 7. The van der Waals surface area contributed by atoms with E-state index in [2.05, 4.69) is 30.8 Å². The lowest BCUT2D eigenvalue weighted by atomic mass is 9.99. The molecule has 0 aliphatic heterocycles. The highest BCUT2D eigenvalue weighted by Crippen LogP contribution is 2.21. The molecule has 0 radical (unpaired) electrons. The number of hydrogen-bond donors (Lipinski definition) is 2. The van der Waals surface area contributed by atoms with E-state index in [1.165, 1.54) is 19.2 Å². The fraction of sp³-hybridized carbons (Fsp3) is 0.350. The minimum atomic E-state index is -3.56. The number of halogens is 1. The van der Waals surface area contributed by atoms with Gasteiger partial charge in [0.2, 0.25) is 10.0 Å². The third kappa shape index (κ3) is 6.22. The Morgan fingerprint density at radius 1 is 1.11 bits per heavy atom. The average Bonchev–Trinajstić information content (AvgIpc) is 2.65. The van der Waals surface area contributed by atoms with Crippen molar-refractivity contribution in [3.05, 3.63) is 58.6 Å². The number of sulfonamides is 1. The molecule has 1 amide bonds. The van der Waals surface area contributed by atoms with E-state index in [0.29, 0.717) is 23.5 Å². The van der Waals surface area contributed by atoms with Crippen molar-refractivity contribution < 1.29 is 17.9 Å². The van der Waals surface area contributed by atoms with Gasteiger partial charge in [-0.3, -0.25) is 4.79 Å². The van der Waals surface area contributed by atoms with E-state index in [1.54, 1.807) is 30.3 Å². The highest BCUT2D eigenvalue weighted by molar-refractivity contribution is 7.89. The van der Waals surface area contributed by atoms with Crippen LogP contribution in [0.1, 0.15) is 36.7 Å². The lowest BCUT2D eigenvalue weighted by Gasteiger charge is -2.18. The molecule has 2 aromatic rings. The van der Waals surface area contributed by atoms with E-state index in [0.717, 1.165) is 0 Å². The van der Waals surface area contributed by atoms with Crippen LogP contribution in [-0.2, 0) is 16.6 Å². The van der Waals surface area contributed by atoms with Gasteiger partial charge in [0.05, 0.1) is 11.5 Å². The molecule has 0 bridgehead atoms. The van der Waals surface area contributed by atoms with Gasteiger partial charge in [0, 0.05) is 17.1 Å². The summed E-state index contributed by atoms with van der Waals surface area (Å²) < 4.78 is 31.5. The third-order valence-corrected chi connectivity index (χ3v) is 5.60. The van der Waals surface area contributed by atoms with Gasteiger partial charge in [-0.25, -0.2) is 13.1 Å². The predicted octanol–water partition coefficient (Wildman–Crippen LogP) is 3.60. The second kappa shape index (κ2) is 8.94. The molecule has 6 nitrogen and oxygen atoms in total. The van der Waals surface area contributed by atoms with Gasteiger partial charge in [-0.05, 0) is 54.4 Å². The Kier molecular flexibility index (Phi) is 7.09. The quantitative estimate of drug-likeness (QED) is 0.711. The summed E-state index contributed by atoms with van der Waals surface area (Å²) in [5.41, 5.74) is 1.17. The summed E-state index contributed by atoms with van der Waals surface area (Å²) in [7, 11) is -2.23. The minimum absolute atomic E-state index is 0.0530.